The lowest BCUT2D eigenvalue weighted by Gasteiger charge is -2.27. The van der Waals surface area contributed by atoms with Gasteiger partial charge in [0.15, 0.2) is 12.4 Å². The topological polar surface area (TPSA) is 128 Å². The number of carbonyl (C=O) groups excluding carboxylic acids is 2. The van der Waals surface area contributed by atoms with Crippen LogP contribution in [0.5, 0.6) is 17.5 Å². The summed E-state index contributed by atoms with van der Waals surface area (Å²) in [6, 6.07) is 12.2. The molecular weight excluding hydrogens is 741 g/mol. The lowest BCUT2D eigenvalue weighted by Crippen LogP contribution is -2.38. The molecule has 1 saturated heterocycles. The van der Waals surface area contributed by atoms with Gasteiger partial charge in [-0.2, -0.15) is 28.1 Å². The lowest BCUT2D eigenvalue weighted by atomic mass is 9.94. The van der Waals surface area contributed by atoms with Gasteiger partial charge in [0.2, 0.25) is 5.95 Å². The highest BCUT2D eigenvalue weighted by Gasteiger charge is 2.44. The summed E-state index contributed by atoms with van der Waals surface area (Å²) < 4.78 is 62.2. The molecule has 6 bridgehead atoms. The Balaban J connectivity index is 1.23. The number of nitrogens with zero attached hydrogens (tertiary/aromatic N) is 5. The minimum atomic E-state index is -4.58. The van der Waals surface area contributed by atoms with Crippen LogP contribution in [0.3, 0.4) is 0 Å². The number of anilines is 1. The number of likely N-dealkylation sites (tertiary alicyclic amines) is 1. The van der Waals surface area contributed by atoms with E-state index in [2.05, 4.69) is 25.2 Å². The number of carbonyl (C=O) groups is 2. The summed E-state index contributed by atoms with van der Waals surface area (Å²) in [6.07, 6.45) is 2.90. The van der Waals surface area contributed by atoms with Crippen molar-refractivity contribution in [2.75, 3.05) is 57.9 Å². The highest BCUT2D eigenvalue weighted by molar-refractivity contribution is 5.98. The number of benzene rings is 2. The van der Waals surface area contributed by atoms with Crippen LogP contribution in [0.2, 0.25) is 0 Å². The van der Waals surface area contributed by atoms with E-state index < -0.39 is 30.5 Å². The smallest absolute Gasteiger partial charge is 0.422 e. The first-order chi connectivity index (χ1) is 27.2. The van der Waals surface area contributed by atoms with Gasteiger partial charge in [0.25, 0.3) is 0 Å². The maximum atomic E-state index is 13.8. The van der Waals surface area contributed by atoms with Gasteiger partial charge in [0.1, 0.15) is 22.9 Å². The third-order valence-corrected chi connectivity index (χ3v) is 10.3. The molecule has 57 heavy (non-hydrogen) atoms. The van der Waals surface area contributed by atoms with Crippen molar-refractivity contribution in [3.8, 4) is 17.5 Å². The molecule has 4 aliphatic rings. The molecule has 1 aliphatic carbocycles. The van der Waals surface area contributed by atoms with E-state index >= 15 is 0 Å². The number of rotatable bonds is 8. The highest BCUT2D eigenvalue weighted by Crippen LogP contribution is 2.51. The molecule has 4 heterocycles. The Morgan fingerprint density at radius 1 is 0.860 bits per heavy atom. The molecule has 1 N–H and O–H groups in total. The van der Waals surface area contributed by atoms with E-state index in [1.165, 1.54) is 12.8 Å². The summed E-state index contributed by atoms with van der Waals surface area (Å²) in [5.41, 5.74) is 1.58. The number of halogens is 3. The number of ether oxygens (including phenoxy) is 4. The van der Waals surface area contributed by atoms with Crippen molar-refractivity contribution in [1.29, 1.82) is 0 Å². The number of ketones is 1. The Hall–Kier alpha value is -4.66. The quantitative estimate of drug-likeness (QED) is 0.223. The minimum Gasteiger partial charge on any atom is -0.494 e. The van der Waals surface area contributed by atoms with Gasteiger partial charge in [-0.1, -0.05) is 18.2 Å². The number of hydrogen-bond acceptors (Lipinski definition) is 11. The third-order valence-electron chi connectivity index (χ3n) is 10.3. The van der Waals surface area contributed by atoms with Crippen molar-refractivity contribution in [2.45, 2.75) is 103 Å². The zero-order valence-electron chi connectivity index (χ0n) is 33.3. The summed E-state index contributed by atoms with van der Waals surface area (Å²) in [4.78, 5) is 44.0. The van der Waals surface area contributed by atoms with Gasteiger partial charge in [-0.3, -0.25) is 4.79 Å². The predicted molar refractivity (Wildman–Crippen MR) is 208 cm³/mol. The average molecular weight is 797 g/mol. The summed E-state index contributed by atoms with van der Waals surface area (Å²) in [6.45, 7) is 9.08. The Morgan fingerprint density at radius 3 is 2.28 bits per heavy atom. The van der Waals surface area contributed by atoms with Crippen molar-refractivity contribution in [1.82, 2.24) is 24.8 Å². The van der Waals surface area contributed by atoms with Gasteiger partial charge in [-0.05, 0) is 126 Å². The molecule has 1 amide bonds. The van der Waals surface area contributed by atoms with E-state index in [4.69, 9.17) is 18.9 Å². The van der Waals surface area contributed by atoms with E-state index in [-0.39, 0.29) is 35.9 Å². The molecule has 310 valence electrons. The fourth-order valence-electron chi connectivity index (χ4n) is 7.11. The first kappa shape index (κ1) is 42.0. The largest absolute Gasteiger partial charge is 0.494 e. The molecule has 1 saturated carbocycles. The fourth-order valence-corrected chi connectivity index (χ4v) is 7.11. The van der Waals surface area contributed by atoms with Crippen molar-refractivity contribution >= 4 is 17.8 Å². The van der Waals surface area contributed by atoms with Gasteiger partial charge in [-0.15, -0.1) is 0 Å². The summed E-state index contributed by atoms with van der Waals surface area (Å²) in [5, 5.41) is 3.07. The van der Waals surface area contributed by atoms with Crippen LogP contribution in [0, 0.1) is 5.41 Å². The van der Waals surface area contributed by atoms with Gasteiger partial charge in [0, 0.05) is 39.0 Å². The molecule has 15 heteroatoms. The van der Waals surface area contributed by atoms with Crippen LogP contribution in [-0.2, 0) is 17.7 Å². The van der Waals surface area contributed by atoms with E-state index in [0.29, 0.717) is 74.6 Å². The van der Waals surface area contributed by atoms with E-state index in [1.54, 1.807) is 23.1 Å². The zero-order valence-corrected chi connectivity index (χ0v) is 33.3. The highest BCUT2D eigenvalue weighted by atomic mass is 19.4. The van der Waals surface area contributed by atoms with Crippen LogP contribution in [0.4, 0.5) is 23.9 Å². The SMILES string of the molecule is CC(C)(C)OC(=O)N1CCCCOc2cc(ccc2C(=O)CCC2(CN3CCCC3)CC2)Cc2nc(nc(OCC(F)(F)F)n2)NCc2ccc(cc2)OCCC1. The summed E-state index contributed by atoms with van der Waals surface area (Å²) >= 11 is 0. The van der Waals surface area contributed by atoms with Crippen LogP contribution in [-0.4, -0.2) is 101 Å². The molecule has 1 aromatic heterocycles. The number of nitrogens with one attached hydrogen (secondary N) is 1. The molecule has 0 radical (unpaired) electrons. The molecular formula is C42H55F3N6O6. The van der Waals surface area contributed by atoms with Crippen LogP contribution in [0.15, 0.2) is 42.5 Å². The molecule has 3 aliphatic heterocycles. The summed E-state index contributed by atoms with van der Waals surface area (Å²) in [7, 11) is 0. The first-order valence-electron chi connectivity index (χ1n) is 20.1. The Kier molecular flexibility index (Phi) is 13.8. The number of hydrogen-bond donors (Lipinski definition) is 1. The molecule has 0 atom stereocenters. The molecule has 12 nitrogen and oxygen atoms in total. The van der Waals surface area contributed by atoms with Gasteiger partial charge >= 0.3 is 18.3 Å². The van der Waals surface area contributed by atoms with Crippen molar-refractivity contribution in [3.05, 3.63) is 65.0 Å². The molecule has 0 spiro atoms. The molecule has 0 unspecified atom stereocenters. The van der Waals surface area contributed by atoms with Gasteiger partial charge in [0.05, 0.1) is 18.8 Å². The fraction of sp³-hybridized carbons (Fsp3) is 0.595. The standard InChI is InChI=1S/C42H55F3N6O6/c1-40(2,3)57-39(53)51-21-6-7-23-55-35-25-31(11-14-33(35)34(52)15-16-41(17-18-41)28-50-19-4-5-20-50)26-36-47-37(49-38(48-36)56-29-42(43,44)45)46-27-30-9-12-32(13-10-30)54-24-8-22-51/h9-14,25H,4-8,15-24,26-29H2,1-3H3,(H,46,47,48,49). The van der Waals surface area contributed by atoms with Gasteiger partial charge in [-0.25, -0.2) is 4.79 Å². The molecule has 2 fully saturated rings. The van der Waals surface area contributed by atoms with Gasteiger partial charge < -0.3 is 34.1 Å². The van der Waals surface area contributed by atoms with Crippen molar-refractivity contribution in [2.24, 2.45) is 5.41 Å². The van der Waals surface area contributed by atoms with E-state index in [9.17, 15) is 22.8 Å². The molecule has 3 aromatic rings. The number of alkyl halides is 3. The van der Waals surface area contributed by atoms with Crippen molar-refractivity contribution in [3.63, 3.8) is 0 Å². The Bertz CT molecular complexity index is 1810. The minimum absolute atomic E-state index is 0.00215. The summed E-state index contributed by atoms with van der Waals surface area (Å²) in [5.74, 6) is 1.30. The number of aromatic nitrogens is 3. The van der Waals surface area contributed by atoms with Crippen LogP contribution >= 0.6 is 0 Å². The second-order valence-electron chi connectivity index (χ2n) is 16.4. The number of amides is 1. The van der Waals surface area contributed by atoms with Crippen molar-refractivity contribution < 1.29 is 41.7 Å². The normalized spacial score (nSPS) is 18.2. The first-order valence-corrected chi connectivity index (χ1v) is 20.1. The second kappa shape index (κ2) is 18.7. The van der Waals surface area contributed by atoms with E-state index in [1.807, 2.05) is 45.0 Å². The maximum absolute atomic E-state index is 13.8. The Morgan fingerprint density at radius 2 is 1.56 bits per heavy atom. The second-order valence-corrected chi connectivity index (χ2v) is 16.4. The predicted octanol–water partition coefficient (Wildman–Crippen LogP) is 8.03. The number of fused-ring (bicyclic) bond motifs is 12. The molecule has 7 rings (SSSR count). The maximum Gasteiger partial charge on any atom is 0.422 e. The van der Waals surface area contributed by atoms with Crippen LogP contribution in [0.25, 0.3) is 0 Å². The average Bonchev–Trinajstić information content (AvgIpc) is 3.73. The third kappa shape index (κ3) is 13.5. The van der Waals surface area contributed by atoms with Crippen LogP contribution in [0.1, 0.15) is 106 Å². The Labute approximate surface area is 332 Å². The van der Waals surface area contributed by atoms with E-state index in [0.717, 1.165) is 44.5 Å². The monoisotopic (exact) mass is 796 g/mol. The van der Waals surface area contributed by atoms with Crippen LogP contribution < -0.4 is 19.5 Å². The zero-order chi connectivity index (χ0) is 40.5. The molecule has 2 aromatic carbocycles. The number of Topliss-reactive ketones (excluding diaryl/α,β-unsaturated/α-hetero) is 1. The lowest BCUT2D eigenvalue weighted by molar-refractivity contribution is -0.154.